The monoisotopic (exact) mass is 435 g/mol. The summed E-state index contributed by atoms with van der Waals surface area (Å²) in [5.41, 5.74) is -0.186. The third kappa shape index (κ3) is 5.27. The molecule has 164 valence electrons. The number of nitrogens with zero attached hydrogens (tertiary/aromatic N) is 2. The second-order valence-corrected chi connectivity index (χ2v) is 6.36. The van der Waals surface area contributed by atoms with Crippen LogP contribution in [0.5, 0.6) is 17.2 Å². The maximum atomic E-state index is 13.0. The number of para-hydroxylation sites is 2. The van der Waals surface area contributed by atoms with E-state index in [4.69, 9.17) is 14.2 Å². The summed E-state index contributed by atoms with van der Waals surface area (Å²) >= 11 is 0. The first-order chi connectivity index (χ1) is 14.8. The van der Waals surface area contributed by atoms with E-state index in [0.717, 1.165) is 17.7 Å². The topological polar surface area (TPSA) is 74.6 Å². The Hall–Kier alpha value is -3.69. The van der Waals surface area contributed by atoms with Gasteiger partial charge >= 0.3 is 6.18 Å². The molecule has 1 N–H and O–H groups in total. The summed E-state index contributed by atoms with van der Waals surface area (Å²) in [6, 6.07) is 11.6. The number of hydrogen-bond acceptors (Lipinski definition) is 5. The minimum absolute atomic E-state index is 0.265. The van der Waals surface area contributed by atoms with Gasteiger partial charge in [-0.25, -0.2) is 4.68 Å². The summed E-state index contributed by atoms with van der Waals surface area (Å²) in [4.78, 5) is 12.3. The van der Waals surface area contributed by atoms with E-state index in [9.17, 15) is 18.0 Å². The quantitative estimate of drug-likeness (QED) is 0.579. The standard InChI is InChI=1S/C21H20F3N3O4/c1-29-17-9-5-6-14(20(17)30-2)12-27-18(10-11-25-27)26-19(28)13-31-16-8-4-3-7-15(16)21(22,23)24/h3-11H,12-13H2,1-2H3,(H,26,28). The van der Waals surface area contributed by atoms with Crippen LogP contribution in [0.1, 0.15) is 11.1 Å². The molecule has 0 atom stereocenters. The lowest BCUT2D eigenvalue weighted by atomic mass is 10.2. The Bertz CT molecular complexity index is 1050. The predicted octanol–water partition coefficient (Wildman–Crippen LogP) is 3.98. The second kappa shape index (κ2) is 9.41. The second-order valence-electron chi connectivity index (χ2n) is 6.36. The number of anilines is 1. The van der Waals surface area contributed by atoms with Gasteiger partial charge in [0.15, 0.2) is 18.1 Å². The van der Waals surface area contributed by atoms with Gasteiger partial charge in [0.25, 0.3) is 5.91 Å². The normalized spacial score (nSPS) is 11.1. The Balaban J connectivity index is 1.68. The van der Waals surface area contributed by atoms with E-state index in [2.05, 4.69) is 10.4 Å². The molecule has 10 heteroatoms. The SMILES string of the molecule is COc1cccc(Cn2nccc2NC(=O)COc2ccccc2C(F)(F)F)c1OC. The van der Waals surface area contributed by atoms with Crippen molar-refractivity contribution in [2.75, 3.05) is 26.1 Å². The largest absolute Gasteiger partial charge is 0.493 e. The maximum Gasteiger partial charge on any atom is 0.419 e. The van der Waals surface area contributed by atoms with E-state index in [0.29, 0.717) is 17.3 Å². The number of ether oxygens (including phenoxy) is 3. The molecule has 0 aliphatic heterocycles. The Morgan fingerprint density at radius 1 is 1.03 bits per heavy atom. The van der Waals surface area contributed by atoms with E-state index >= 15 is 0 Å². The number of carbonyl (C=O) groups is 1. The molecule has 0 spiro atoms. The summed E-state index contributed by atoms with van der Waals surface area (Å²) in [5, 5.41) is 6.76. The molecule has 1 amide bonds. The third-order valence-corrected chi connectivity index (χ3v) is 4.34. The highest BCUT2D eigenvalue weighted by atomic mass is 19.4. The van der Waals surface area contributed by atoms with Gasteiger partial charge in [-0.05, 0) is 18.2 Å². The maximum absolute atomic E-state index is 13.0. The average Bonchev–Trinajstić information content (AvgIpc) is 3.18. The number of nitrogens with one attached hydrogen (secondary N) is 1. The van der Waals surface area contributed by atoms with Gasteiger partial charge in [0, 0.05) is 11.6 Å². The Morgan fingerprint density at radius 2 is 1.77 bits per heavy atom. The van der Waals surface area contributed by atoms with Crippen LogP contribution < -0.4 is 19.5 Å². The van der Waals surface area contributed by atoms with E-state index in [1.54, 1.807) is 18.2 Å². The molecule has 1 aromatic heterocycles. The van der Waals surface area contributed by atoms with Crippen LogP contribution in [0, 0.1) is 0 Å². The molecule has 0 unspecified atom stereocenters. The molecule has 3 rings (SSSR count). The van der Waals surface area contributed by atoms with Crippen molar-refractivity contribution in [1.29, 1.82) is 0 Å². The van der Waals surface area contributed by atoms with Crippen molar-refractivity contribution < 1.29 is 32.2 Å². The lowest BCUT2D eigenvalue weighted by Crippen LogP contribution is -2.23. The van der Waals surface area contributed by atoms with Crippen molar-refractivity contribution in [3.8, 4) is 17.2 Å². The van der Waals surface area contributed by atoms with Gasteiger partial charge in [0.05, 0.1) is 32.5 Å². The van der Waals surface area contributed by atoms with Crippen LogP contribution in [0.4, 0.5) is 19.0 Å². The molecule has 0 radical (unpaired) electrons. The van der Waals surface area contributed by atoms with Crippen LogP contribution in [0.3, 0.4) is 0 Å². The Morgan fingerprint density at radius 3 is 2.48 bits per heavy atom. The van der Waals surface area contributed by atoms with Gasteiger partial charge in [0.2, 0.25) is 0 Å². The van der Waals surface area contributed by atoms with Crippen molar-refractivity contribution in [1.82, 2.24) is 9.78 Å². The molecule has 0 fully saturated rings. The molecule has 31 heavy (non-hydrogen) atoms. The fourth-order valence-corrected chi connectivity index (χ4v) is 2.95. The highest BCUT2D eigenvalue weighted by Gasteiger charge is 2.34. The molecule has 0 bridgehead atoms. The number of amides is 1. The van der Waals surface area contributed by atoms with E-state index in [1.165, 1.54) is 37.2 Å². The number of alkyl halides is 3. The summed E-state index contributed by atoms with van der Waals surface area (Å²) < 4.78 is 56.4. The summed E-state index contributed by atoms with van der Waals surface area (Å²) in [7, 11) is 3.04. The predicted molar refractivity (Wildman–Crippen MR) is 106 cm³/mol. The lowest BCUT2D eigenvalue weighted by molar-refractivity contribution is -0.139. The first-order valence-electron chi connectivity index (χ1n) is 9.14. The van der Waals surface area contributed by atoms with Crippen LogP contribution in [-0.2, 0) is 17.5 Å². The van der Waals surface area contributed by atoms with Gasteiger partial charge in [-0.2, -0.15) is 18.3 Å². The number of aromatic nitrogens is 2. The molecule has 2 aromatic carbocycles. The van der Waals surface area contributed by atoms with Gasteiger partial charge in [-0.1, -0.05) is 24.3 Å². The van der Waals surface area contributed by atoms with E-state index < -0.39 is 30.0 Å². The number of carbonyl (C=O) groups excluding carboxylic acids is 1. The molecule has 0 aliphatic rings. The van der Waals surface area contributed by atoms with Crippen molar-refractivity contribution in [3.05, 3.63) is 65.9 Å². The fraction of sp³-hybridized carbons (Fsp3) is 0.238. The number of rotatable bonds is 8. The molecule has 3 aromatic rings. The first kappa shape index (κ1) is 22.0. The van der Waals surface area contributed by atoms with Crippen LogP contribution in [0.15, 0.2) is 54.7 Å². The molecular weight excluding hydrogens is 415 g/mol. The van der Waals surface area contributed by atoms with Crippen LogP contribution >= 0.6 is 0 Å². The number of hydrogen-bond donors (Lipinski definition) is 1. The van der Waals surface area contributed by atoms with E-state index in [-0.39, 0.29) is 6.54 Å². The summed E-state index contributed by atoms with van der Waals surface area (Å²) in [6.45, 7) is -0.332. The van der Waals surface area contributed by atoms with Gasteiger partial charge in [-0.3, -0.25) is 4.79 Å². The van der Waals surface area contributed by atoms with Crippen molar-refractivity contribution in [3.63, 3.8) is 0 Å². The fourth-order valence-electron chi connectivity index (χ4n) is 2.95. The Labute approximate surface area is 176 Å². The number of halogens is 3. The Kier molecular flexibility index (Phi) is 6.68. The van der Waals surface area contributed by atoms with Crippen molar-refractivity contribution in [2.24, 2.45) is 0 Å². The number of benzene rings is 2. The minimum atomic E-state index is -4.58. The highest BCUT2D eigenvalue weighted by Crippen LogP contribution is 2.36. The lowest BCUT2D eigenvalue weighted by Gasteiger charge is -2.15. The smallest absolute Gasteiger partial charge is 0.419 e. The highest BCUT2D eigenvalue weighted by molar-refractivity contribution is 5.91. The van der Waals surface area contributed by atoms with Crippen LogP contribution in [-0.4, -0.2) is 36.5 Å². The zero-order valence-electron chi connectivity index (χ0n) is 16.8. The van der Waals surface area contributed by atoms with Crippen LogP contribution in [0.2, 0.25) is 0 Å². The molecule has 0 saturated carbocycles. The molecule has 7 nitrogen and oxygen atoms in total. The zero-order chi connectivity index (χ0) is 22.4. The average molecular weight is 435 g/mol. The van der Waals surface area contributed by atoms with Crippen molar-refractivity contribution >= 4 is 11.7 Å². The molecular formula is C21H20F3N3O4. The van der Waals surface area contributed by atoms with Gasteiger partial charge < -0.3 is 19.5 Å². The third-order valence-electron chi connectivity index (χ3n) is 4.34. The van der Waals surface area contributed by atoms with E-state index in [1.807, 2.05) is 6.07 Å². The molecule has 0 saturated heterocycles. The minimum Gasteiger partial charge on any atom is -0.493 e. The molecule has 0 aliphatic carbocycles. The van der Waals surface area contributed by atoms with Gasteiger partial charge in [0.1, 0.15) is 11.6 Å². The number of methoxy groups -OCH3 is 2. The summed E-state index contributed by atoms with van der Waals surface area (Å²) in [6.07, 6.45) is -3.09. The zero-order valence-corrected chi connectivity index (χ0v) is 16.8. The summed E-state index contributed by atoms with van der Waals surface area (Å²) in [5.74, 6) is 0.387. The van der Waals surface area contributed by atoms with Crippen LogP contribution in [0.25, 0.3) is 0 Å². The molecule has 1 heterocycles. The first-order valence-corrected chi connectivity index (χ1v) is 9.14. The van der Waals surface area contributed by atoms with Crippen molar-refractivity contribution in [2.45, 2.75) is 12.7 Å². The van der Waals surface area contributed by atoms with Gasteiger partial charge in [-0.15, -0.1) is 0 Å².